The van der Waals surface area contributed by atoms with Gasteiger partial charge in [0.25, 0.3) is 0 Å². The summed E-state index contributed by atoms with van der Waals surface area (Å²) in [7, 11) is 0. The highest BCUT2D eigenvalue weighted by Crippen LogP contribution is 2.16. The Kier molecular flexibility index (Phi) is 2.97. The zero-order valence-corrected chi connectivity index (χ0v) is 7.10. The molecule has 2 nitrogen and oxygen atoms in total. The third-order valence-electron chi connectivity index (χ3n) is 1.51. The number of rotatable bonds is 2. The number of anilines is 1. The highest BCUT2D eigenvalue weighted by molar-refractivity contribution is 5.47. The van der Waals surface area contributed by atoms with Crippen LogP contribution in [0.15, 0.2) is 24.3 Å². The van der Waals surface area contributed by atoms with Gasteiger partial charge in [-0.25, -0.2) is 0 Å². The summed E-state index contributed by atoms with van der Waals surface area (Å²) >= 11 is 0. The molecule has 0 aliphatic carbocycles. The van der Waals surface area contributed by atoms with E-state index >= 15 is 0 Å². The van der Waals surface area contributed by atoms with Gasteiger partial charge in [0.1, 0.15) is 6.54 Å². The fraction of sp³-hybridized carbons (Fsp3) is 0.222. The first-order chi connectivity index (χ1) is 6.51. The summed E-state index contributed by atoms with van der Waals surface area (Å²) in [5, 5.41) is 10.6. The average molecular weight is 200 g/mol. The van der Waals surface area contributed by atoms with Gasteiger partial charge < -0.3 is 5.32 Å². The van der Waals surface area contributed by atoms with Crippen LogP contribution in [-0.2, 0) is 0 Å². The van der Waals surface area contributed by atoms with Crippen molar-refractivity contribution < 1.29 is 13.2 Å². The fourth-order valence-corrected chi connectivity index (χ4v) is 0.865. The van der Waals surface area contributed by atoms with E-state index in [1.54, 1.807) is 0 Å². The van der Waals surface area contributed by atoms with Crippen LogP contribution in [-0.4, -0.2) is 12.7 Å². The number of nitrogens with one attached hydrogen (secondary N) is 1. The highest BCUT2D eigenvalue weighted by Gasteiger charge is 2.26. The van der Waals surface area contributed by atoms with Crippen molar-refractivity contribution in [2.75, 3.05) is 11.9 Å². The van der Waals surface area contributed by atoms with E-state index in [2.05, 4.69) is 5.32 Å². The Morgan fingerprint density at radius 1 is 1.21 bits per heavy atom. The smallest absolute Gasteiger partial charge is 0.376 e. The molecule has 5 heteroatoms. The van der Waals surface area contributed by atoms with Crippen molar-refractivity contribution >= 4 is 5.69 Å². The van der Waals surface area contributed by atoms with E-state index in [0.717, 1.165) is 0 Å². The van der Waals surface area contributed by atoms with Crippen LogP contribution in [0.4, 0.5) is 18.9 Å². The number of benzene rings is 1. The van der Waals surface area contributed by atoms with Crippen molar-refractivity contribution in [3.63, 3.8) is 0 Å². The van der Waals surface area contributed by atoms with E-state index in [-0.39, 0.29) is 0 Å². The number of alkyl halides is 3. The van der Waals surface area contributed by atoms with E-state index in [1.165, 1.54) is 24.3 Å². The summed E-state index contributed by atoms with van der Waals surface area (Å²) in [5.41, 5.74) is 0.767. The SMILES string of the molecule is N#Cc1ccc(NCC(F)(F)F)cc1. The molecule has 0 saturated carbocycles. The molecule has 74 valence electrons. The molecule has 14 heavy (non-hydrogen) atoms. The Morgan fingerprint density at radius 2 is 1.79 bits per heavy atom. The summed E-state index contributed by atoms with van der Waals surface area (Å²) in [6.45, 7) is -1.07. The van der Waals surface area contributed by atoms with Crippen LogP contribution in [0, 0.1) is 11.3 Å². The highest BCUT2D eigenvalue weighted by atomic mass is 19.4. The molecule has 1 rings (SSSR count). The summed E-state index contributed by atoms with van der Waals surface area (Å²) in [6, 6.07) is 7.66. The minimum atomic E-state index is -4.23. The first kappa shape index (κ1) is 10.4. The van der Waals surface area contributed by atoms with E-state index in [9.17, 15) is 13.2 Å². The van der Waals surface area contributed by atoms with Crippen molar-refractivity contribution in [2.24, 2.45) is 0 Å². The van der Waals surface area contributed by atoms with Crippen molar-refractivity contribution in [2.45, 2.75) is 6.18 Å². The molecule has 0 amide bonds. The Balaban J connectivity index is 2.58. The number of halogens is 3. The standard InChI is InChI=1S/C9H7F3N2/c10-9(11,12)6-14-8-3-1-7(5-13)2-4-8/h1-4,14H,6H2. The predicted octanol–water partition coefficient (Wildman–Crippen LogP) is 2.53. The Hall–Kier alpha value is -1.70. The number of hydrogen-bond donors (Lipinski definition) is 1. The van der Waals surface area contributed by atoms with Gasteiger partial charge >= 0.3 is 6.18 Å². The van der Waals surface area contributed by atoms with Gasteiger partial charge in [-0.3, -0.25) is 0 Å². The maximum absolute atomic E-state index is 11.8. The van der Waals surface area contributed by atoms with Crippen LogP contribution in [0.25, 0.3) is 0 Å². The van der Waals surface area contributed by atoms with Crippen LogP contribution >= 0.6 is 0 Å². The first-order valence-corrected chi connectivity index (χ1v) is 3.82. The van der Waals surface area contributed by atoms with Crippen molar-refractivity contribution in [1.82, 2.24) is 0 Å². The molecule has 1 aromatic rings. The van der Waals surface area contributed by atoms with E-state index in [1.807, 2.05) is 6.07 Å². The molecule has 0 radical (unpaired) electrons. The van der Waals surface area contributed by atoms with Gasteiger partial charge in [-0.05, 0) is 24.3 Å². The van der Waals surface area contributed by atoms with Gasteiger partial charge in [0, 0.05) is 5.69 Å². The van der Waals surface area contributed by atoms with Gasteiger partial charge in [-0.2, -0.15) is 18.4 Å². The van der Waals surface area contributed by atoms with Gasteiger partial charge in [0.05, 0.1) is 11.6 Å². The van der Waals surface area contributed by atoms with E-state index in [0.29, 0.717) is 11.3 Å². The second kappa shape index (κ2) is 4.01. The lowest BCUT2D eigenvalue weighted by Gasteiger charge is -2.08. The van der Waals surface area contributed by atoms with Crippen LogP contribution in [0.5, 0.6) is 0 Å². The third kappa shape index (κ3) is 3.35. The van der Waals surface area contributed by atoms with Crippen LogP contribution in [0.1, 0.15) is 5.56 Å². The fourth-order valence-electron chi connectivity index (χ4n) is 0.865. The molecule has 1 N–H and O–H groups in total. The van der Waals surface area contributed by atoms with E-state index < -0.39 is 12.7 Å². The maximum atomic E-state index is 11.8. The van der Waals surface area contributed by atoms with Crippen LogP contribution < -0.4 is 5.32 Å². The van der Waals surface area contributed by atoms with Gasteiger partial charge in [-0.1, -0.05) is 0 Å². The Bertz CT molecular complexity index is 335. The van der Waals surface area contributed by atoms with Gasteiger partial charge in [0.15, 0.2) is 0 Å². The molecule has 0 heterocycles. The summed E-state index contributed by atoms with van der Waals surface area (Å²) in [6.07, 6.45) is -4.23. The molecular formula is C9H7F3N2. The Morgan fingerprint density at radius 3 is 2.21 bits per heavy atom. The summed E-state index contributed by atoms with van der Waals surface area (Å²) in [5.74, 6) is 0. The summed E-state index contributed by atoms with van der Waals surface area (Å²) in [4.78, 5) is 0. The van der Waals surface area contributed by atoms with Crippen LogP contribution in [0.2, 0.25) is 0 Å². The minimum Gasteiger partial charge on any atom is -0.376 e. The molecule has 0 aromatic heterocycles. The molecule has 0 bridgehead atoms. The largest absolute Gasteiger partial charge is 0.405 e. The zero-order chi connectivity index (χ0) is 10.6. The molecule has 0 atom stereocenters. The number of nitriles is 1. The molecule has 0 spiro atoms. The monoisotopic (exact) mass is 200 g/mol. The topological polar surface area (TPSA) is 35.8 Å². The van der Waals surface area contributed by atoms with Crippen molar-refractivity contribution in [3.8, 4) is 6.07 Å². The van der Waals surface area contributed by atoms with Gasteiger partial charge in [0.2, 0.25) is 0 Å². The molecule has 0 aliphatic heterocycles. The number of hydrogen-bond acceptors (Lipinski definition) is 2. The molecule has 0 saturated heterocycles. The third-order valence-corrected chi connectivity index (χ3v) is 1.51. The Labute approximate surface area is 79.0 Å². The molecule has 0 aliphatic rings. The van der Waals surface area contributed by atoms with Gasteiger partial charge in [-0.15, -0.1) is 0 Å². The van der Waals surface area contributed by atoms with Crippen molar-refractivity contribution in [3.05, 3.63) is 29.8 Å². The summed E-state index contributed by atoms with van der Waals surface area (Å²) < 4.78 is 35.3. The predicted molar refractivity (Wildman–Crippen MR) is 45.7 cm³/mol. The molecule has 0 fully saturated rings. The second-order valence-electron chi connectivity index (χ2n) is 2.66. The normalized spacial score (nSPS) is 10.7. The zero-order valence-electron chi connectivity index (χ0n) is 7.10. The van der Waals surface area contributed by atoms with Crippen LogP contribution in [0.3, 0.4) is 0 Å². The first-order valence-electron chi connectivity index (χ1n) is 3.82. The minimum absolute atomic E-state index is 0.348. The lowest BCUT2D eigenvalue weighted by atomic mass is 10.2. The molecular weight excluding hydrogens is 193 g/mol. The van der Waals surface area contributed by atoms with E-state index in [4.69, 9.17) is 5.26 Å². The molecule has 1 aromatic carbocycles. The molecule has 0 unspecified atom stereocenters. The lowest BCUT2D eigenvalue weighted by Crippen LogP contribution is -2.21. The van der Waals surface area contributed by atoms with Crippen molar-refractivity contribution in [1.29, 1.82) is 5.26 Å². The maximum Gasteiger partial charge on any atom is 0.405 e. The quantitative estimate of drug-likeness (QED) is 0.796. The second-order valence-corrected chi connectivity index (χ2v) is 2.66. The lowest BCUT2D eigenvalue weighted by molar-refractivity contribution is -0.115. The number of nitrogens with zero attached hydrogens (tertiary/aromatic N) is 1. The average Bonchev–Trinajstić information content (AvgIpc) is 2.14.